The average molecular weight is 287 g/mol. The molecule has 3 heteroatoms. The van der Waals surface area contributed by atoms with Crippen molar-refractivity contribution in [1.29, 1.82) is 0 Å². The summed E-state index contributed by atoms with van der Waals surface area (Å²) >= 11 is 1.86. The van der Waals surface area contributed by atoms with E-state index in [2.05, 4.69) is 41.7 Å². The van der Waals surface area contributed by atoms with E-state index in [1.807, 2.05) is 43.9 Å². The predicted octanol–water partition coefficient (Wildman–Crippen LogP) is 4.14. The van der Waals surface area contributed by atoms with Crippen molar-refractivity contribution >= 4 is 11.8 Å². The lowest BCUT2D eigenvalue weighted by molar-refractivity contribution is 0.333. The molecular formula is C17H21NOS. The Kier molecular flexibility index (Phi) is 5.96. The highest BCUT2D eigenvalue weighted by molar-refractivity contribution is 7.99. The van der Waals surface area contributed by atoms with E-state index in [-0.39, 0.29) is 6.04 Å². The van der Waals surface area contributed by atoms with Crippen LogP contribution < -0.4 is 10.1 Å². The van der Waals surface area contributed by atoms with Crippen LogP contribution in [-0.4, -0.2) is 19.4 Å². The first-order chi connectivity index (χ1) is 9.85. The second-order valence-electron chi connectivity index (χ2n) is 4.44. The zero-order valence-electron chi connectivity index (χ0n) is 12.0. The molecule has 2 rings (SSSR count). The van der Waals surface area contributed by atoms with Crippen molar-refractivity contribution in [2.45, 2.75) is 17.9 Å². The summed E-state index contributed by atoms with van der Waals surface area (Å²) in [6.45, 7) is 2.71. The summed E-state index contributed by atoms with van der Waals surface area (Å²) in [5.41, 5.74) is 1.22. The smallest absolute Gasteiger partial charge is 0.124 e. The SMILES string of the molecule is CCOc1ccccc1C(CSc1ccccc1)NC. The number of hydrogen-bond donors (Lipinski definition) is 1. The molecule has 0 aliphatic heterocycles. The molecule has 20 heavy (non-hydrogen) atoms. The van der Waals surface area contributed by atoms with E-state index < -0.39 is 0 Å². The Morgan fingerprint density at radius 3 is 2.45 bits per heavy atom. The van der Waals surface area contributed by atoms with E-state index in [0.717, 1.165) is 11.5 Å². The van der Waals surface area contributed by atoms with Crippen LogP contribution in [0.4, 0.5) is 0 Å². The van der Waals surface area contributed by atoms with Gasteiger partial charge in [0.2, 0.25) is 0 Å². The molecule has 0 radical (unpaired) electrons. The highest BCUT2D eigenvalue weighted by atomic mass is 32.2. The Balaban J connectivity index is 2.08. The van der Waals surface area contributed by atoms with Gasteiger partial charge in [-0.25, -0.2) is 0 Å². The van der Waals surface area contributed by atoms with Crippen molar-refractivity contribution in [3.63, 3.8) is 0 Å². The minimum Gasteiger partial charge on any atom is -0.494 e. The Labute approximate surface area is 125 Å². The summed E-state index contributed by atoms with van der Waals surface area (Å²) in [4.78, 5) is 1.29. The molecule has 0 fully saturated rings. The van der Waals surface area contributed by atoms with Crippen LogP contribution in [0.1, 0.15) is 18.5 Å². The number of nitrogens with one attached hydrogen (secondary N) is 1. The number of ether oxygens (including phenoxy) is 1. The standard InChI is InChI=1S/C17H21NOS/c1-3-19-17-12-8-7-11-15(17)16(18-2)13-20-14-9-5-4-6-10-14/h4-12,16,18H,3,13H2,1-2H3. The molecular weight excluding hydrogens is 266 g/mol. The predicted molar refractivity (Wildman–Crippen MR) is 86.6 cm³/mol. The van der Waals surface area contributed by atoms with Gasteiger partial charge in [-0.2, -0.15) is 0 Å². The molecule has 2 aromatic rings. The molecule has 0 bridgehead atoms. The van der Waals surface area contributed by atoms with E-state index in [9.17, 15) is 0 Å². The Bertz CT molecular complexity index is 515. The van der Waals surface area contributed by atoms with Crippen molar-refractivity contribution in [1.82, 2.24) is 5.32 Å². The Morgan fingerprint density at radius 1 is 1.05 bits per heavy atom. The summed E-state index contributed by atoms with van der Waals surface area (Å²) < 4.78 is 5.72. The number of thioether (sulfide) groups is 1. The van der Waals surface area contributed by atoms with Gasteiger partial charge in [-0.1, -0.05) is 36.4 Å². The molecule has 0 amide bonds. The van der Waals surface area contributed by atoms with Gasteiger partial charge in [-0.05, 0) is 32.2 Å². The van der Waals surface area contributed by atoms with Gasteiger partial charge in [0.1, 0.15) is 5.75 Å². The molecule has 0 aliphatic carbocycles. The number of rotatable bonds is 7. The van der Waals surface area contributed by atoms with E-state index in [1.54, 1.807) is 0 Å². The third-order valence-electron chi connectivity index (χ3n) is 3.10. The molecule has 0 aliphatic rings. The maximum atomic E-state index is 5.72. The number of hydrogen-bond acceptors (Lipinski definition) is 3. The average Bonchev–Trinajstić information content (AvgIpc) is 2.51. The van der Waals surface area contributed by atoms with Crippen LogP contribution in [-0.2, 0) is 0 Å². The van der Waals surface area contributed by atoms with Crippen LogP contribution in [0, 0.1) is 0 Å². The molecule has 2 aromatic carbocycles. The first kappa shape index (κ1) is 14.9. The maximum Gasteiger partial charge on any atom is 0.124 e. The van der Waals surface area contributed by atoms with Crippen LogP contribution in [0.5, 0.6) is 5.75 Å². The fraction of sp³-hybridized carbons (Fsp3) is 0.294. The van der Waals surface area contributed by atoms with E-state index in [4.69, 9.17) is 4.74 Å². The molecule has 0 heterocycles. The molecule has 1 unspecified atom stereocenters. The van der Waals surface area contributed by atoms with Crippen molar-refractivity contribution in [3.8, 4) is 5.75 Å². The van der Waals surface area contributed by atoms with Gasteiger partial charge in [-0.3, -0.25) is 0 Å². The molecule has 1 N–H and O–H groups in total. The number of benzene rings is 2. The third-order valence-corrected chi connectivity index (χ3v) is 4.21. The van der Waals surface area contributed by atoms with E-state index >= 15 is 0 Å². The molecule has 0 saturated heterocycles. The zero-order chi connectivity index (χ0) is 14.2. The fourth-order valence-corrected chi connectivity index (χ4v) is 3.14. The third kappa shape index (κ3) is 4.02. The lowest BCUT2D eigenvalue weighted by atomic mass is 10.1. The summed E-state index contributed by atoms with van der Waals surface area (Å²) in [6, 6.07) is 19.0. The van der Waals surface area contributed by atoms with Gasteiger partial charge in [-0.15, -0.1) is 11.8 Å². The summed E-state index contributed by atoms with van der Waals surface area (Å²) in [7, 11) is 2.00. The molecule has 106 valence electrons. The van der Waals surface area contributed by atoms with Gasteiger partial charge in [0.25, 0.3) is 0 Å². The largest absolute Gasteiger partial charge is 0.494 e. The number of para-hydroxylation sites is 1. The summed E-state index contributed by atoms with van der Waals surface area (Å²) in [6.07, 6.45) is 0. The quantitative estimate of drug-likeness (QED) is 0.773. The molecule has 0 spiro atoms. The lowest BCUT2D eigenvalue weighted by Crippen LogP contribution is -2.19. The van der Waals surface area contributed by atoms with Gasteiger partial charge >= 0.3 is 0 Å². The van der Waals surface area contributed by atoms with Gasteiger partial charge in [0, 0.05) is 22.3 Å². The van der Waals surface area contributed by atoms with Gasteiger partial charge in [0.05, 0.1) is 6.61 Å². The zero-order valence-corrected chi connectivity index (χ0v) is 12.8. The maximum absolute atomic E-state index is 5.72. The summed E-state index contributed by atoms with van der Waals surface area (Å²) in [5.74, 6) is 1.95. The second kappa shape index (κ2) is 7.98. The summed E-state index contributed by atoms with van der Waals surface area (Å²) in [5, 5.41) is 3.39. The van der Waals surface area contributed by atoms with Crippen molar-refractivity contribution in [2.24, 2.45) is 0 Å². The highest BCUT2D eigenvalue weighted by Gasteiger charge is 2.14. The molecule has 2 nitrogen and oxygen atoms in total. The first-order valence-corrected chi connectivity index (χ1v) is 7.90. The minimum absolute atomic E-state index is 0.281. The Morgan fingerprint density at radius 2 is 1.75 bits per heavy atom. The molecule has 0 saturated carbocycles. The van der Waals surface area contributed by atoms with Crippen LogP contribution in [0.25, 0.3) is 0 Å². The van der Waals surface area contributed by atoms with Crippen LogP contribution in [0.3, 0.4) is 0 Å². The first-order valence-electron chi connectivity index (χ1n) is 6.92. The van der Waals surface area contributed by atoms with Crippen LogP contribution >= 0.6 is 11.8 Å². The Hall–Kier alpha value is -1.45. The van der Waals surface area contributed by atoms with Crippen molar-refractivity contribution in [2.75, 3.05) is 19.4 Å². The minimum atomic E-state index is 0.281. The lowest BCUT2D eigenvalue weighted by Gasteiger charge is -2.19. The second-order valence-corrected chi connectivity index (χ2v) is 5.53. The van der Waals surface area contributed by atoms with Crippen LogP contribution in [0.2, 0.25) is 0 Å². The van der Waals surface area contributed by atoms with Crippen molar-refractivity contribution < 1.29 is 4.74 Å². The molecule has 0 aromatic heterocycles. The van der Waals surface area contributed by atoms with E-state index in [0.29, 0.717) is 6.61 Å². The van der Waals surface area contributed by atoms with Crippen LogP contribution in [0.15, 0.2) is 59.5 Å². The van der Waals surface area contributed by atoms with Crippen molar-refractivity contribution in [3.05, 3.63) is 60.2 Å². The molecule has 1 atom stereocenters. The highest BCUT2D eigenvalue weighted by Crippen LogP contribution is 2.29. The van der Waals surface area contributed by atoms with E-state index in [1.165, 1.54) is 10.5 Å². The fourth-order valence-electron chi connectivity index (χ4n) is 2.08. The monoisotopic (exact) mass is 287 g/mol. The van der Waals surface area contributed by atoms with Gasteiger partial charge in [0.15, 0.2) is 0 Å². The normalized spacial score (nSPS) is 12.1. The van der Waals surface area contributed by atoms with Gasteiger partial charge < -0.3 is 10.1 Å². The topological polar surface area (TPSA) is 21.3 Å².